The predicted octanol–water partition coefficient (Wildman–Crippen LogP) is 2.77. The number of rotatable bonds is 5. The van der Waals surface area contributed by atoms with E-state index in [0.29, 0.717) is 0 Å². The van der Waals surface area contributed by atoms with Gasteiger partial charge in [0.25, 0.3) is 5.69 Å². The average Bonchev–Trinajstić information content (AvgIpc) is 2.96. The molecule has 0 amide bonds. The van der Waals surface area contributed by atoms with Gasteiger partial charge in [-0.3, -0.25) is 10.1 Å². The molecule has 158 valence electrons. The minimum absolute atomic E-state index is 0.345. The summed E-state index contributed by atoms with van der Waals surface area (Å²) in [5.74, 6) is -4.49. The molecule has 0 bridgehead atoms. The molecule has 1 aromatic rings. The van der Waals surface area contributed by atoms with Crippen molar-refractivity contribution in [1.82, 2.24) is 0 Å². The van der Waals surface area contributed by atoms with Crippen molar-refractivity contribution < 1.29 is 37.9 Å². The molecule has 0 saturated heterocycles. The molecule has 1 aliphatic rings. The minimum Gasteiger partial charge on any atom is -0.465 e. The molecule has 0 unspecified atom stereocenters. The second-order valence-electron chi connectivity index (χ2n) is 5.48. The zero-order valence-electron chi connectivity index (χ0n) is 15.8. The van der Waals surface area contributed by atoms with Crippen molar-refractivity contribution in [3.8, 4) is 0 Å². The predicted molar refractivity (Wildman–Crippen MR) is 104 cm³/mol. The number of anilines is 1. The maximum atomic E-state index is 14.9. The van der Waals surface area contributed by atoms with Gasteiger partial charge in [0.05, 0.1) is 36.3 Å². The van der Waals surface area contributed by atoms with Gasteiger partial charge in [-0.25, -0.2) is 18.8 Å². The molecule has 1 heterocycles. The number of nitro groups is 1. The van der Waals surface area contributed by atoms with Crippen LogP contribution < -0.4 is 4.90 Å². The summed E-state index contributed by atoms with van der Waals surface area (Å²) < 4.78 is 28.4. The third kappa shape index (κ3) is 4.08. The number of hydrogen-bond donors (Lipinski definition) is 0. The highest BCUT2D eigenvalue weighted by Gasteiger charge is 2.37. The van der Waals surface area contributed by atoms with Gasteiger partial charge in [0, 0.05) is 12.3 Å². The van der Waals surface area contributed by atoms with Gasteiger partial charge in [0.1, 0.15) is 16.9 Å². The van der Waals surface area contributed by atoms with Gasteiger partial charge in [0.2, 0.25) is 0 Å². The molecule has 0 aromatic heterocycles. The van der Waals surface area contributed by atoms with Crippen molar-refractivity contribution in [3.05, 3.63) is 67.7 Å². The zero-order chi connectivity index (χ0) is 22.6. The maximum absolute atomic E-state index is 14.9. The number of halogens is 2. The number of nitrogens with zero attached hydrogens (tertiary/aromatic N) is 2. The second-order valence-corrected chi connectivity index (χ2v) is 6.33. The minimum atomic E-state index is -1.25. The number of carbonyl (C=O) groups excluding carboxylic acids is 3. The van der Waals surface area contributed by atoms with Crippen LogP contribution in [0.4, 0.5) is 15.8 Å². The first kappa shape index (κ1) is 22.7. The van der Waals surface area contributed by atoms with Crippen LogP contribution in [0.25, 0.3) is 0 Å². The van der Waals surface area contributed by atoms with Crippen molar-refractivity contribution >= 4 is 45.2 Å². The average molecular weight is 485 g/mol. The van der Waals surface area contributed by atoms with Crippen molar-refractivity contribution in [3.63, 3.8) is 0 Å². The van der Waals surface area contributed by atoms with Gasteiger partial charge in [0.15, 0.2) is 5.82 Å². The summed E-state index contributed by atoms with van der Waals surface area (Å²) in [4.78, 5) is 48.7. The monoisotopic (exact) mass is 484 g/mol. The quantitative estimate of drug-likeness (QED) is 0.268. The van der Waals surface area contributed by atoms with E-state index in [1.54, 1.807) is 0 Å². The summed E-state index contributed by atoms with van der Waals surface area (Å²) in [6, 6.07) is 0.815. The highest BCUT2D eigenvalue weighted by molar-refractivity contribution is 9.10. The number of esters is 3. The largest absolute Gasteiger partial charge is 0.465 e. The summed E-state index contributed by atoms with van der Waals surface area (Å²) in [6.45, 7) is 0. The van der Waals surface area contributed by atoms with Crippen LogP contribution in [-0.2, 0) is 23.8 Å². The highest BCUT2D eigenvalue weighted by atomic mass is 79.9. The smallest absolute Gasteiger partial charge is 0.355 e. The fraction of sp³-hybridized carbons (Fsp3) is 0.167. The molecule has 0 spiro atoms. The van der Waals surface area contributed by atoms with Crippen LogP contribution in [0.1, 0.15) is 10.4 Å². The van der Waals surface area contributed by atoms with E-state index >= 15 is 0 Å². The van der Waals surface area contributed by atoms with Crippen molar-refractivity contribution in [2.75, 3.05) is 26.2 Å². The molecule has 0 radical (unpaired) electrons. The van der Waals surface area contributed by atoms with Crippen LogP contribution in [0.2, 0.25) is 0 Å². The lowest BCUT2D eigenvalue weighted by molar-refractivity contribution is -0.384. The summed E-state index contributed by atoms with van der Waals surface area (Å²) >= 11 is 2.83. The van der Waals surface area contributed by atoms with E-state index < -0.39 is 51.3 Å². The van der Waals surface area contributed by atoms with Crippen LogP contribution in [0.15, 0.2) is 46.2 Å². The zero-order valence-corrected chi connectivity index (χ0v) is 17.4. The third-order valence-electron chi connectivity index (χ3n) is 3.89. The van der Waals surface area contributed by atoms with Crippen LogP contribution in [0, 0.1) is 15.9 Å². The Hall–Kier alpha value is -3.54. The molecular formula is C18H14BrFN2O8. The van der Waals surface area contributed by atoms with Gasteiger partial charge in [-0.1, -0.05) is 6.08 Å². The lowest BCUT2D eigenvalue weighted by Crippen LogP contribution is -2.29. The molecule has 0 atom stereocenters. The van der Waals surface area contributed by atoms with E-state index in [2.05, 4.69) is 25.4 Å². The normalized spacial score (nSPS) is 13.0. The Kier molecular flexibility index (Phi) is 7.06. The Morgan fingerprint density at radius 2 is 1.67 bits per heavy atom. The molecule has 2 rings (SSSR count). The van der Waals surface area contributed by atoms with Crippen LogP contribution in [-0.4, -0.2) is 44.2 Å². The summed E-state index contributed by atoms with van der Waals surface area (Å²) in [5, 5.41) is 11.7. The summed E-state index contributed by atoms with van der Waals surface area (Å²) in [6.07, 6.45) is 4.98. The summed E-state index contributed by atoms with van der Waals surface area (Å²) in [5.41, 5.74) is -3.11. The number of hydrogen-bond acceptors (Lipinski definition) is 9. The molecular weight excluding hydrogens is 471 g/mol. The van der Waals surface area contributed by atoms with E-state index in [9.17, 15) is 28.9 Å². The first-order valence-electron chi connectivity index (χ1n) is 7.99. The van der Waals surface area contributed by atoms with Crippen LogP contribution >= 0.6 is 15.9 Å². The molecule has 0 N–H and O–H groups in total. The Bertz CT molecular complexity index is 1030. The molecule has 30 heavy (non-hydrogen) atoms. The number of benzene rings is 1. The molecule has 1 aliphatic heterocycles. The van der Waals surface area contributed by atoms with E-state index in [4.69, 9.17) is 4.74 Å². The maximum Gasteiger partial charge on any atom is 0.355 e. The van der Waals surface area contributed by atoms with Crippen molar-refractivity contribution in [2.24, 2.45) is 0 Å². The van der Waals surface area contributed by atoms with Gasteiger partial charge in [-0.05, 0) is 28.1 Å². The van der Waals surface area contributed by atoms with Gasteiger partial charge in [-0.2, -0.15) is 0 Å². The van der Waals surface area contributed by atoms with Gasteiger partial charge >= 0.3 is 17.9 Å². The number of methoxy groups -OCH3 is 3. The van der Waals surface area contributed by atoms with Crippen LogP contribution in [0.3, 0.4) is 0 Å². The van der Waals surface area contributed by atoms with E-state index in [1.165, 1.54) is 18.2 Å². The molecule has 10 nitrogen and oxygen atoms in total. The second kappa shape index (κ2) is 9.31. The molecule has 0 fully saturated rings. The Balaban J connectivity index is 3.03. The lowest BCUT2D eigenvalue weighted by Gasteiger charge is -2.25. The number of allylic oxidation sites excluding steroid dienone is 2. The first-order chi connectivity index (χ1) is 14.2. The Morgan fingerprint density at radius 3 is 2.20 bits per heavy atom. The Labute approximate surface area is 177 Å². The first-order valence-corrected chi connectivity index (χ1v) is 8.78. The topological polar surface area (TPSA) is 125 Å². The molecule has 0 saturated carbocycles. The van der Waals surface area contributed by atoms with E-state index in [0.717, 1.165) is 38.5 Å². The SMILES string of the molecule is COC(=O)C1=C(C(=O)OC)N(c2c([N+](=O)[O-])cc(Br)c(F)c2C(=O)OC)C=CC=C1. The number of nitro benzene ring substituents is 1. The molecule has 12 heteroatoms. The lowest BCUT2D eigenvalue weighted by atomic mass is 10.1. The summed E-state index contributed by atoms with van der Waals surface area (Å²) in [7, 11) is 3.02. The standard InChI is InChI=1S/C18H14BrFN2O8/c1-28-16(23)9-6-4-5-7-21(14(9)18(25)30-3)15-11(22(26)27)8-10(19)13(20)12(15)17(24)29-2/h4-8H,1-3H3. The Morgan fingerprint density at radius 1 is 1.07 bits per heavy atom. The van der Waals surface area contributed by atoms with Gasteiger partial charge in [-0.15, -0.1) is 0 Å². The van der Waals surface area contributed by atoms with Crippen molar-refractivity contribution in [1.29, 1.82) is 0 Å². The third-order valence-corrected chi connectivity index (χ3v) is 4.47. The van der Waals surface area contributed by atoms with Gasteiger partial charge < -0.3 is 19.1 Å². The fourth-order valence-electron chi connectivity index (χ4n) is 2.61. The van der Waals surface area contributed by atoms with Crippen LogP contribution in [0.5, 0.6) is 0 Å². The fourth-order valence-corrected chi connectivity index (χ4v) is 3.03. The van der Waals surface area contributed by atoms with E-state index in [-0.39, 0.29) is 10.0 Å². The number of carbonyl (C=O) groups is 3. The van der Waals surface area contributed by atoms with Crippen molar-refractivity contribution in [2.45, 2.75) is 0 Å². The highest BCUT2D eigenvalue weighted by Crippen LogP contribution is 2.41. The van der Waals surface area contributed by atoms with E-state index in [1.807, 2.05) is 0 Å². The molecule has 0 aliphatic carbocycles. The number of ether oxygens (including phenoxy) is 3. The molecule has 1 aromatic carbocycles.